The van der Waals surface area contributed by atoms with Gasteiger partial charge in [-0.05, 0) is 175 Å². The number of nitrogens with one attached hydrogen (secondary N) is 4. The van der Waals surface area contributed by atoms with Gasteiger partial charge in [-0.2, -0.15) is 10.2 Å². The number of aryl methyl sites for hydroxylation is 3. The molecule has 0 saturated heterocycles. The van der Waals surface area contributed by atoms with E-state index in [0.717, 1.165) is 114 Å². The highest BCUT2D eigenvalue weighted by Crippen LogP contribution is 2.52. The quantitative estimate of drug-likeness (QED) is 0.0456. The number of aromatic amines is 1. The molecule has 65 heavy (non-hydrogen) atoms. The van der Waals surface area contributed by atoms with Gasteiger partial charge in [0.25, 0.3) is 0 Å². The van der Waals surface area contributed by atoms with Gasteiger partial charge in [0.05, 0.1) is 17.4 Å². The molecule has 5 saturated carbocycles. The number of ether oxygens (including phenoxy) is 2. The summed E-state index contributed by atoms with van der Waals surface area (Å²) in [5.41, 5.74) is 16.3. The molecule has 0 aliphatic heterocycles. The first-order valence-corrected chi connectivity index (χ1v) is 28.0. The van der Waals surface area contributed by atoms with Crippen LogP contribution in [0.15, 0.2) is 48.5 Å². The summed E-state index contributed by atoms with van der Waals surface area (Å²) < 4.78 is 13.4. The smallest absolute Gasteiger partial charge is 0.408 e. The van der Waals surface area contributed by atoms with E-state index in [9.17, 15) is 14.4 Å². The SMILES string of the molecule is Cc1n[nH]c(C)c1-c1ccc(NC(=O)[C@@H](NC(=O)OC2CCC2)C(C2CC2)C2CC2)cc1.Cc1nn(COCC[Si](C)(C)C)c(C)c1-c1ccc(NC(=O)[C@@H](N)C(C2CC2)C2CC2)cc1. The summed E-state index contributed by atoms with van der Waals surface area (Å²) in [4.78, 5) is 38.7. The first kappa shape index (κ1) is 46.7. The van der Waals surface area contributed by atoms with Gasteiger partial charge in [0.2, 0.25) is 11.8 Å². The van der Waals surface area contributed by atoms with E-state index in [1.54, 1.807) is 0 Å². The van der Waals surface area contributed by atoms with Crippen molar-refractivity contribution in [3.8, 4) is 22.3 Å². The number of carbonyl (C=O) groups excluding carboxylic acids is 3. The molecule has 3 amide bonds. The Morgan fingerprint density at radius 2 is 1.26 bits per heavy atom. The van der Waals surface area contributed by atoms with Gasteiger partial charge in [0.1, 0.15) is 18.9 Å². The first-order valence-electron chi connectivity index (χ1n) is 24.3. The van der Waals surface area contributed by atoms with Crippen LogP contribution < -0.4 is 21.7 Å². The molecule has 13 nitrogen and oxygen atoms in total. The lowest BCUT2D eigenvalue weighted by Crippen LogP contribution is -2.51. The fraction of sp³-hybridized carbons (Fsp3) is 0.588. The van der Waals surface area contributed by atoms with E-state index in [2.05, 4.69) is 52.7 Å². The topological polar surface area (TPSA) is 178 Å². The highest BCUT2D eigenvalue weighted by Gasteiger charge is 2.49. The van der Waals surface area contributed by atoms with E-state index < -0.39 is 26.3 Å². The number of hydrogen-bond acceptors (Lipinski definition) is 8. The fourth-order valence-electron chi connectivity index (χ4n) is 9.77. The molecule has 350 valence electrons. The van der Waals surface area contributed by atoms with Crippen molar-refractivity contribution in [3.05, 3.63) is 71.3 Å². The van der Waals surface area contributed by atoms with E-state index in [0.29, 0.717) is 36.3 Å². The molecule has 5 fully saturated rings. The zero-order chi connectivity index (χ0) is 46.0. The Morgan fingerprint density at radius 1 is 0.738 bits per heavy atom. The molecule has 0 spiro atoms. The molecular formula is C51H72N8O5Si. The van der Waals surface area contributed by atoms with Crippen LogP contribution in [0.1, 0.15) is 93.4 Å². The molecule has 2 atom stereocenters. The van der Waals surface area contributed by atoms with Gasteiger partial charge < -0.3 is 31.2 Å². The number of anilines is 2. The van der Waals surface area contributed by atoms with Crippen LogP contribution >= 0.6 is 0 Å². The van der Waals surface area contributed by atoms with E-state index in [1.807, 2.05) is 74.0 Å². The number of carbonyl (C=O) groups is 3. The van der Waals surface area contributed by atoms with Crippen molar-refractivity contribution in [1.82, 2.24) is 25.3 Å². The van der Waals surface area contributed by atoms with Gasteiger partial charge in [-0.25, -0.2) is 9.48 Å². The summed E-state index contributed by atoms with van der Waals surface area (Å²) in [6.07, 6.45) is 12.0. The maximum Gasteiger partial charge on any atom is 0.408 e. The zero-order valence-corrected chi connectivity index (χ0v) is 40.7. The van der Waals surface area contributed by atoms with Gasteiger partial charge in [-0.1, -0.05) is 43.9 Å². The second kappa shape index (κ2) is 20.0. The maximum absolute atomic E-state index is 13.3. The van der Waals surface area contributed by atoms with E-state index >= 15 is 0 Å². The van der Waals surface area contributed by atoms with Crippen molar-refractivity contribution in [2.45, 2.75) is 149 Å². The summed E-state index contributed by atoms with van der Waals surface area (Å²) in [6, 6.07) is 16.0. The van der Waals surface area contributed by atoms with Gasteiger partial charge in [-0.3, -0.25) is 14.7 Å². The number of amides is 3. The summed E-state index contributed by atoms with van der Waals surface area (Å²) in [5.74, 6) is 2.70. The number of nitrogens with two attached hydrogens (primary N) is 1. The summed E-state index contributed by atoms with van der Waals surface area (Å²) in [5, 5.41) is 21.0. The minimum atomic E-state index is -1.10. The molecule has 2 aromatic heterocycles. The summed E-state index contributed by atoms with van der Waals surface area (Å²) in [6.45, 7) is 16.4. The number of alkyl carbamates (subject to hydrolysis) is 1. The molecule has 2 heterocycles. The van der Waals surface area contributed by atoms with Crippen LogP contribution in [-0.2, 0) is 25.8 Å². The lowest BCUT2D eigenvalue weighted by Gasteiger charge is -2.30. The fourth-order valence-corrected chi connectivity index (χ4v) is 10.5. The van der Waals surface area contributed by atoms with Crippen LogP contribution in [-0.4, -0.2) is 70.8 Å². The van der Waals surface area contributed by atoms with E-state index in [-0.39, 0.29) is 23.8 Å². The molecule has 5 aliphatic carbocycles. The minimum absolute atomic E-state index is 0.00129. The highest BCUT2D eigenvalue weighted by molar-refractivity contribution is 6.76. The minimum Gasteiger partial charge on any atom is -0.446 e. The second-order valence-electron chi connectivity index (χ2n) is 20.9. The lowest BCUT2D eigenvalue weighted by molar-refractivity contribution is -0.120. The van der Waals surface area contributed by atoms with Crippen LogP contribution in [0.2, 0.25) is 25.7 Å². The third kappa shape index (κ3) is 12.2. The Kier molecular flexibility index (Phi) is 14.4. The molecule has 4 aromatic rings. The highest BCUT2D eigenvalue weighted by atomic mass is 28.3. The van der Waals surface area contributed by atoms with Crippen molar-refractivity contribution in [1.29, 1.82) is 0 Å². The summed E-state index contributed by atoms with van der Waals surface area (Å²) in [7, 11) is -1.10. The molecule has 9 rings (SSSR count). The van der Waals surface area contributed by atoms with Crippen molar-refractivity contribution in [3.63, 3.8) is 0 Å². The third-order valence-corrected chi connectivity index (χ3v) is 16.0. The molecule has 0 bridgehead atoms. The van der Waals surface area contributed by atoms with E-state index in [4.69, 9.17) is 20.3 Å². The lowest BCUT2D eigenvalue weighted by atomic mass is 9.88. The number of H-pyrrole nitrogens is 1. The van der Waals surface area contributed by atoms with Gasteiger partial charge in [-0.15, -0.1) is 0 Å². The monoisotopic (exact) mass is 905 g/mol. The van der Waals surface area contributed by atoms with Crippen LogP contribution in [0.3, 0.4) is 0 Å². The van der Waals surface area contributed by atoms with Crippen LogP contribution in [0.5, 0.6) is 0 Å². The van der Waals surface area contributed by atoms with Gasteiger partial charge in [0, 0.05) is 48.6 Å². The number of rotatable bonds is 19. The zero-order valence-electron chi connectivity index (χ0n) is 39.7. The number of aromatic nitrogens is 4. The van der Waals surface area contributed by atoms with Crippen molar-refractivity contribution >= 4 is 37.4 Å². The molecule has 2 aromatic carbocycles. The molecule has 14 heteroatoms. The maximum atomic E-state index is 13.3. The molecule has 6 N–H and O–H groups in total. The van der Waals surface area contributed by atoms with Crippen LogP contribution in [0, 0.1) is 63.2 Å². The first-order chi connectivity index (χ1) is 31.1. The Balaban J connectivity index is 0.000000177. The predicted octanol–water partition coefficient (Wildman–Crippen LogP) is 9.90. The van der Waals surface area contributed by atoms with Crippen LogP contribution in [0.25, 0.3) is 22.3 Å². The summed E-state index contributed by atoms with van der Waals surface area (Å²) >= 11 is 0. The number of nitrogens with zero attached hydrogens (tertiary/aromatic N) is 3. The molecule has 0 unspecified atom stereocenters. The average molecular weight is 905 g/mol. The van der Waals surface area contributed by atoms with Crippen molar-refractivity contribution in [2.24, 2.45) is 41.2 Å². The predicted molar refractivity (Wildman–Crippen MR) is 259 cm³/mol. The number of benzene rings is 2. The van der Waals surface area contributed by atoms with Crippen molar-refractivity contribution < 1.29 is 23.9 Å². The Hall–Kier alpha value is -4.79. The number of hydrogen-bond donors (Lipinski definition) is 5. The Morgan fingerprint density at radius 3 is 1.74 bits per heavy atom. The van der Waals surface area contributed by atoms with E-state index in [1.165, 1.54) is 25.7 Å². The third-order valence-electron chi connectivity index (χ3n) is 14.3. The largest absolute Gasteiger partial charge is 0.446 e. The normalized spacial score (nSPS) is 18.4. The molecule has 5 aliphatic rings. The van der Waals surface area contributed by atoms with Crippen LogP contribution in [0.4, 0.5) is 16.2 Å². The Labute approximate surface area is 386 Å². The standard InChI is InChI=1S/C26H40N4O2Si.C25H32N4O3/c1-17-23(18(2)30(29-17)16-32-14-15-33(3,4)5)19-10-12-22(13-11-19)28-26(31)25(27)24(20-6-7-20)21-8-9-21;1-14-21(15(2)29-28-14)16-10-12-19(13-11-16)26-24(30)23(22(17-6-7-17)18-8-9-18)27-25(31)32-20-4-3-5-20/h10-13,20-21,24-25H,6-9,14-16,27H2,1-5H3,(H,28,31);10-13,17-18,20,22-23H,3-9H2,1-2H3,(H,26,30)(H,27,31)(H,28,29)/t25-;23-/m00/s1. The molecular weight excluding hydrogens is 833 g/mol. The second-order valence-corrected chi connectivity index (χ2v) is 26.6. The van der Waals surface area contributed by atoms with Gasteiger partial charge >= 0.3 is 6.09 Å². The Bertz CT molecular complexity index is 2240. The van der Waals surface area contributed by atoms with Crippen molar-refractivity contribution in [2.75, 3.05) is 17.2 Å². The van der Waals surface area contributed by atoms with Gasteiger partial charge in [0.15, 0.2) is 0 Å². The molecule has 0 radical (unpaired) electrons. The average Bonchev–Trinajstić information content (AvgIpc) is 4.04.